The van der Waals surface area contributed by atoms with Crippen LogP contribution in [0.25, 0.3) is 0 Å². The first-order chi connectivity index (χ1) is 9.49. The number of ether oxygens (including phenoxy) is 1. The van der Waals surface area contributed by atoms with Gasteiger partial charge in [-0.2, -0.15) is 0 Å². The molecule has 0 bridgehead atoms. The zero-order chi connectivity index (χ0) is 16.3. The molecule has 0 amide bonds. The molecule has 21 heavy (non-hydrogen) atoms. The van der Waals surface area contributed by atoms with Crippen molar-refractivity contribution in [3.63, 3.8) is 0 Å². The predicted molar refractivity (Wildman–Crippen MR) is 92.1 cm³/mol. The number of benzene rings is 1. The van der Waals surface area contributed by atoms with Gasteiger partial charge in [0.2, 0.25) is 0 Å². The molecule has 0 aromatic heterocycles. The van der Waals surface area contributed by atoms with Gasteiger partial charge >= 0.3 is 0 Å². The summed E-state index contributed by atoms with van der Waals surface area (Å²) >= 11 is 0. The van der Waals surface area contributed by atoms with E-state index in [4.69, 9.17) is 15.6 Å². The average Bonchev–Trinajstić information content (AvgIpc) is 2.35. The molecule has 3 heteroatoms. The normalized spacial score (nSPS) is 14.4. The van der Waals surface area contributed by atoms with Gasteiger partial charge in [-0.25, -0.2) is 0 Å². The summed E-state index contributed by atoms with van der Waals surface area (Å²) in [4.78, 5) is 0. The third-order valence-electron chi connectivity index (χ3n) is 4.13. The zero-order valence-electron chi connectivity index (χ0n) is 14.4. The van der Waals surface area contributed by atoms with Gasteiger partial charge in [-0.1, -0.05) is 44.9 Å². The monoisotopic (exact) mass is 304 g/mol. The molecule has 0 unspecified atom stereocenters. The van der Waals surface area contributed by atoms with E-state index in [1.54, 1.807) is 0 Å². The lowest BCUT2D eigenvalue weighted by Gasteiger charge is -2.42. The van der Waals surface area contributed by atoms with Crippen LogP contribution in [0.3, 0.4) is 0 Å². The third-order valence-corrected chi connectivity index (χ3v) is 8.56. The Kier molecular flexibility index (Phi) is 5.30. The summed E-state index contributed by atoms with van der Waals surface area (Å²) in [5.41, 5.74) is -0.578. The minimum atomic E-state index is -1.94. The van der Waals surface area contributed by atoms with Crippen LogP contribution < -0.4 is 4.74 Å². The van der Waals surface area contributed by atoms with E-state index < -0.39 is 13.9 Å². The van der Waals surface area contributed by atoms with Crippen LogP contribution >= 0.6 is 0 Å². The molecule has 0 saturated heterocycles. The Balaban J connectivity index is 2.91. The summed E-state index contributed by atoms with van der Waals surface area (Å²) < 4.78 is 12.4. The first-order valence-corrected chi connectivity index (χ1v) is 10.3. The maximum absolute atomic E-state index is 6.37. The fourth-order valence-corrected chi connectivity index (χ4v) is 2.99. The molecule has 0 radical (unpaired) electrons. The lowest BCUT2D eigenvalue weighted by molar-refractivity contribution is 0.00994. The summed E-state index contributed by atoms with van der Waals surface area (Å²) in [6.45, 7) is 15.0. The van der Waals surface area contributed by atoms with Gasteiger partial charge in [-0.15, -0.1) is 6.42 Å². The van der Waals surface area contributed by atoms with Crippen molar-refractivity contribution in [3.8, 4) is 18.1 Å². The highest BCUT2D eigenvalue weighted by molar-refractivity contribution is 6.74. The quantitative estimate of drug-likeness (QED) is 0.571. The smallest absolute Gasteiger partial charge is 0.193 e. The molecule has 0 aliphatic carbocycles. The van der Waals surface area contributed by atoms with Gasteiger partial charge in [0.25, 0.3) is 0 Å². The third kappa shape index (κ3) is 4.62. The molecule has 0 aliphatic heterocycles. The summed E-state index contributed by atoms with van der Waals surface area (Å²) in [5.74, 6) is 3.59. The molecule has 0 N–H and O–H groups in total. The van der Waals surface area contributed by atoms with Gasteiger partial charge in [0.15, 0.2) is 8.32 Å². The van der Waals surface area contributed by atoms with Crippen molar-refractivity contribution in [3.05, 3.63) is 30.3 Å². The van der Waals surface area contributed by atoms with Crippen LogP contribution in [0, 0.1) is 12.3 Å². The maximum atomic E-state index is 6.37. The predicted octanol–water partition coefficient (Wildman–Crippen LogP) is 4.87. The highest BCUT2D eigenvalue weighted by Gasteiger charge is 2.43. The zero-order valence-corrected chi connectivity index (χ0v) is 15.4. The Labute approximate surface area is 131 Å². The van der Waals surface area contributed by atoms with Crippen LogP contribution in [-0.2, 0) is 4.43 Å². The second kappa shape index (κ2) is 6.25. The topological polar surface area (TPSA) is 18.5 Å². The second-order valence-electron chi connectivity index (χ2n) is 7.44. The molecule has 0 fully saturated rings. The summed E-state index contributed by atoms with van der Waals surface area (Å²) in [7, 11) is -1.94. The Hall–Kier alpha value is -1.24. The summed E-state index contributed by atoms with van der Waals surface area (Å²) in [6.07, 6.45) is 5.35. The second-order valence-corrected chi connectivity index (χ2v) is 12.2. The Bertz CT molecular complexity index is 492. The lowest BCUT2D eigenvalue weighted by atomic mass is 10.0. The molecule has 116 valence electrons. The van der Waals surface area contributed by atoms with Gasteiger partial charge in [0.1, 0.15) is 17.5 Å². The molecule has 1 atom stereocenters. The molecule has 0 aliphatic rings. The SMILES string of the molecule is C#C[C@@H](O[Si](C)(C)C(C)(C)C)C(C)(C)Oc1ccccc1. The van der Waals surface area contributed by atoms with E-state index in [9.17, 15) is 0 Å². The van der Waals surface area contributed by atoms with Crippen molar-refractivity contribution >= 4 is 8.32 Å². The van der Waals surface area contributed by atoms with Crippen LogP contribution in [0.4, 0.5) is 0 Å². The van der Waals surface area contributed by atoms with Crippen molar-refractivity contribution in [2.45, 2.75) is 64.5 Å². The fraction of sp³-hybridized carbons (Fsp3) is 0.556. The molecule has 2 nitrogen and oxygen atoms in total. The minimum absolute atomic E-state index is 0.116. The Morgan fingerprint density at radius 2 is 1.57 bits per heavy atom. The van der Waals surface area contributed by atoms with E-state index in [0.29, 0.717) is 0 Å². The minimum Gasteiger partial charge on any atom is -0.484 e. The van der Waals surface area contributed by atoms with E-state index in [2.05, 4.69) is 39.8 Å². The van der Waals surface area contributed by atoms with Crippen molar-refractivity contribution in [1.82, 2.24) is 0 Å². The first kappa shape index (κ1) is 17.8. The molecular formula is C18H28O2Si. The lowest BCUT2D eigenvalue weighted by Crippen LogP contribution is -2.51. The number of terminal acetylenes is 1. The first-order valence-electron chi connectivity index (χ1n) is 7.37. The van der Waals surface area contributed by atoms with Crippen LogP contribution in [0.1, 0.15) is 34.6 Å². The van der Waals surface area contributed by atoms with Crippen LogP contribution in [0.15, 0.2) is 30.3 Å². The fourth-order valence-electron chi connectivity index (χ4n) is 1.69. The molecule has 0 spiro atoms. The highest BCUT2D eigenvalue weighted by Crippen LogP contribution is 2.38. The van der Waals surface area contributed by atoms with Crippen molar-refractivity contribution in [2.24, 2.45) is 0 Å². The summed E-state index contributed by atoms with van der Waals surface area (Å²) in [6, 6.07) is 9.73. The van der Waals surface area contributed by atoms with Gasteiger partial charge in [-0.05, 0) is 44.1 Å². The summed E-state index contributed by atoms with van der Waals surface area (Å²) in [5, 5.41) is 0.116. The van der Waals surface area contributed by atoms with Crippen molar-refractivity contribution < 1.29 is 9.16 Å². The number of rotatable bonds is 5. The van der Waals surface area contributed by atoms with Gasteiger partial charge < -0.3 is 9.16 Å². The van der Waals surface area contributed by atoms with Crippen LogP contribution in [-0.4, -0.2) is 20.0 Å². The van der Waals surface area contributed by atoms with Gasteiger partial charge in [0.05, 0.1) is 0 Å². The standard InChI is InChI=1S/C18H28O2Si/c1-9-16(20-21(7,8)17(2,3)4)18(5,6)19-15-13-11-10-12-14-15/h1,10-14,16H,2-8H3/t16-/m1/s1. The van der Waals surface area contributed by atoms with Crippen molar-refractivity contribution in [2.75, 3.05) is 0 Å². The van der Waals surface area contributed by atoms with E-state index in [1.807, 2.05) is 44.2 Å². The number of para-hydroxylation sites is 1. The molecular weight excluding hydrogens is 276 g/mol. The maximum Gasteiger partial charge on any atom is 0.193 e. The number of hydrogen-bond donors (Lipinski definition) is 0. The molecule has 0 saturated carbocycles. The Morgan fingerprint density at radius 3 is 2.00 bits per heavy atom. The molecule has 1 aromatic rings. The number of hydrogen-bond acceptors (Lipinski definition) is 2. The van der Waals surface area contributed by atoms with Crippen LogP contribution in [0.5, 0.6) is 5.75 Å². The van der Waals surface area contributed by atoms with Gasteiger partial charge in [0, 0.05) is 0 Å². The van der Waals surface area contributed by atoms with Crippen molar-refractivity contribution in [1.29, 1.82) is 0 Å². The van der Waals surface area contributed by atoms with Crippen LogP contribution in [0.2, 0.25) is 18.1 Å². The average molecular weight is 305 g/mol. The van der Waals surface area contributed by atoms with E-state index >= 15 is 0 Å². The molecule has 1 rings (SSSR count). The van der Waals surface area contributed by atoms with Gasteiger partial charge in [-0.3, -0.25) is 0 Å². The Morgan fingerprint density at radius 1 is 1.05 bits per heavy atom. The molecule has 0 heterocycles. The largest absolute Gasteiger partial charge is 0.484 e. The van der Waals surface area contributed by atoms with E-state index in [-0.39, 0.29) is 11.1 Å². The molecule has 1 aromatic carbocycles. The van der Waals surface area contributed by atoms with E-state index in [0.717, 1.165) is 5.75 Å². The van der Waals surface area contributed by atoms with E-state index in [1.165, 1.54) is 0 Å². The highest BCUT2D eigenvalue weighted by atomic mass is 28.4.